The van der Waals surface area contributed by atoms with Gasteiger partial charge >= 0.3 is 6.09 Å². The third-order valence-electron chi connectivity index (χ3n) is 4.60. The summed E-state index contributed by atoms with van der Waals surface area (Å²) < 4.78 is 13.6. The van der Waals surface area contributed by atoms with Crippen LogP contribution in [0.3, 0.4) is 0 Å². The van der Waals surface area contributed by atoms with Crippen molar-refractivity contribution in [3.8, 4) is 11.5 Å². The second kappa shape index (κ2) is 8.06. The van der Waals surface area contributed by atoms with E-state index in [1.165, 1.54) is 31.3 Å². The molecule has 0 radical (unpaired) electrons. The number of anilines is 1. The molecule has 2 aliphatic heterocycles. The molecule has 9 nitrogen and oxygen atoms in total. The van der Waals surface area contributed by atoms with Crippen molar-refractivity contribution < 1.29 is 33.7 Å². The van der Waals surface area contributed by atoms with Gasteiger partial charge in [-0.15, -0.1) is 0 Å². The van der Waals surface area contributed by atoms with Gasteiger partial charge in [0.2, 0.25) is 3.79 Å². The van der Waals surface area contributed by atoms with Crippen LogP contribution in [-0.2, 0) is 9.53 Å². The number of aliphatic hydroxyl groups excluding tert-OH is 1. The number of halogens is 3. The maximum absolute atomic E-state index is 13.1. The number of Topliss-reactive ketones (excluding diaryl/α,β-unsaturated/α-hetero) is 1. The number of hydrogen-bond acceptors (Lipinski definition) is 7. The van der Waals surface area contributed by atoms with Gasteiger partial charge in [-0.25, -0.2) is 9.69 Å². The molecule has 1 aromatic rings. The minimum absolute atomic E-state index is 0.0105. The van der Waals surface area contributed by atoms with Crippen molar-refractivity contribution in [2.75, 3.05) is 32.3 Å². The summed E-state index contributed by atoms with van der Waals surface area (Å²) in [6, 6.07) is 1.76. The standard InChI is InChI=1S/C17H17Cl3N2O7/c1-27-12-4-9-10(5-13(12)28-2)22(16(26)29-7-17(18,19)20)15(25)11-3-8(23)6-21(11)14(9)24/h4-5,11,15,25H,3,6-7H2,1-2H3/t11?,15-/m0/s1. The summed E-state index contributed by atoms with van der Waals surface area (Å²) in [5.74, 6) is -0.357. The molecule has 29 heavy (non-hydrogen) atoms. The first kappa shape index (κ1) is 21.8. The van der Waals surface area contributed by atoms with Crippen LogP contribution in [0.25, 0.3) is 0 Å². The monoisotopic (exact) mass is 466 g/mol. The van der Waals surface area contributed by atoms with E-state index in [1.54, 1.807) is 0 Å². The van der Waals surface area contributed by atoms with Crippen LogP contribution in [0.2, 0.25) is 0 Å². The molecular weight excluding hydrogens is 451 g/mol. The fraction of sp³-hybridized carbons (Fsp3) is 0.471. The second-order valence-corrected chi connectivity index (χ2v) is 8.94. The number of fused-ring (bicyclic) bond motifs is 2. The number of hydrogen-bond donors (Lipinski definition) is 1. The topological polar surface area (TPSA) is 106 Å². The van der Waals surface area contributed by atoms with E-state index in [-0.39, 0.29) is 41.5 Å². The predicted octanol–water partition coefficient (Wildman–Crippen LogP) is 2.13. The Balaban J connectivity index is 2.13. The molecule has 0 saturated carbocycles. The summed E-state index contributed by atoms with van der Waals surface area (Å²) in [7, 11) is 2.76. The average Bonchev–Trinajstić information content (AvgIpc) is 3.03. The Kier molecular flexibility index (Phi) is 6.05. The Morgan fingerprint density at radius 2 is 1.83 bits per heavy atom. The van der Waals surface area contributed by atoms with E-state index in [0.717, 1.165) is 4.90 Å². The zero-order valence-electron chi connectivity index (χ0n) is 15.4. The van der Waals surface area contributed by atoms with Crippen molar-refractivity contribution in [2.24, 2.45) is 0 Å². The van der Waals surface area contributed by atoms with Crippen molar-refractivity contribution in [1.82, 2.24) is 4.90 Å². The van der Waals surface area contributed by atoms with Crippen LogP contribution in [0.1, 0.15) is 16.8 Å². The largest absolute Gasteiger partial charge is 0.493 e. The second-order valence-electron chi connectivity index (χ2n) is 6.42. The van der Waals surface area contributed by atoms with Crippen LogP contribution >= 0.6 is 34.8 Å². The van der Waals surface area contributed by atoms with Crippen LogP contribution in [0.5, 0.6) is 11.5 Å². The average molecular weight is 468 g/mol. The van der Waals surface area contributed by atoms with Gasteiger partial charge in [0, 0.05) is 12.5 Å². The van der Waals surface area contributed by atoms with E-state index < -0.39 is 34.7 Å². The number of carbonyl (C=O) groups is 3. The van der Waals surface area contributed by atoms with E-state index in [0.29, 0.717) is 0 Å². The van der Waals surface area contributed by atoms with Gasteiger partial charge in [-0.05, 0) is 6.07 Å². The molecule has 2 heterocycles. The van der Waals surface area contributed by atoms with E-state index in [4.69, 9.17) is 49.0 Å². The molecule has 1 aromatic carbocycles. The molecule has 1 unspecified atom stereocenters. The maximum Gasteiger partial charge on any atom is 0.416 e. The summed E-state index contributed by atoms with van der Waals surface area (Å²) in [4.78, 5) is 39.9. The zero-order chi connectivity index (χ0) is 21.5. The van der Waals surface area contributed by atoms with Crippen LogP contribution in [-0.4, -0.2) is 71.2 Å². The van der Waals surface area contributed by atoms with Crippen molar-refractivity contribution >= 4 is 58.3 Å². The number of alkyl halides is 3. The lowest BCUT2D eigenvalue weighted by molar-refractivity contribution is -0.117. The Bertz CT molecular complexity index is 858. The molecule has 1 N–H and O–H groups in total. The number of benzene rings is 1. The van der Waals surface area contributed by atoms with Crippen LogP contribution in [0, 0.1) is 0 Å². The summed E-state index contributed by atoms with van der Waals surface area (Å²) in [6.45, 7) is -0.783. The summed E-state index contributed by atoms with van der Waals surface area (Å²) in [6.07, 6.45) is -2.76. The highest BCUT2D eigenvalue weighted by Gasteiger charge is 2.48. The number of ether oxygens (including phenoxy) is 3. The molecule has 0 aromatic heterocycles. The molecule has 2 atom stereocenters. The first-order valence-electron chi connectivity index (χ1n) is 8.37. The molecule has 0 aliphatic carbocycles. The summed E-state index contributed by atoms with van der Waals surface area (Å²) in [5, 5.41) is 10.9. The molecule has 0 spiro atoms. The van der Waals surface area contributed by atoms with Crippen molar-refractivity contribution in [3.05, 3.63) is 17.7 Å². The van der Waals surface area contributed by atoms with Gasteiger partial charge in [-0.3, -0.25) is 9.59 Å². The summed E-state index contributed by atoms with van der Waals surface area (Å²) in [5.41, 5.74) is 0.0288. The quantitative estimate of drug-likeness (QED) is 0.679. The number of methoxy groups -OCH3 is 2. The van der Waals surface area contributed by atoms with Gasteiger partial charge in [0.25, 0.3) is 5.91 Å². The lowest BCUT2D eigenvalue weighted by Crippen LogP contribution is -2.51. The number of carbonyl (C=O) groups excluding carboxylic acids is 3. The molecule has 1 saturated heterocycles. The minimum Gasteiger partial charge on any atom is -0.493 e. The van der Waals surface area contributed by atoms with Gasteiger partial charge in [0.1, 0.15) is 6.61 Å². The molecule has 2 amide bonds. The van der Waals surface area contributed by atoms with Gasteiger partial charge in [0.05, 0.1) is 38.1 Å². The Morgan fingerprint density at radius 3 is 2.41 bits per heavy atom. The zero-order valence-corrected chi connectivity index (χ0v) is 17.6. The molecule has 12 heteroatoms. The Hall–Kier alpha value is -1.94. The van der Waals surface area contributed by atoms with Crippen molar-refractivity contribution in [1.29, 1.82) is 0 Å². The SMILES string of the molecule is COc1cc2c(cc1OC)N(C(=O)OCC(Cl)(Cl)Cl)[C@@H](O)C1CC(=O)CN1C2=O. The van der Waals surface area contributed by atoms with Crippen molar-refractivity contribution in [2.45, 2.75) is 22.5 Å². The first-order chi connectivity index (χ1) is 13.6. The Labute approximate surface area is 180 Å². The lowest BCUT2D eigenvalue weighted by Gasteiger charge is -2.31. The van der Waals surface area contributed by atoms with Gasteiger partial charge in [-0.1, -0.05) is 34.8 Å². The smallest absolute Gasteiger partial charge is 0.416 e. The number of amides is 2. The highest BCUT2D eigenvalue weighted by Crippen LogP contribution is 2.41. The van der Waals surface area contributed by atoms with Gasteiger partial charge < -0.3 is 24.2 Å². The van der Waals surface area contributed by atoms with E-state index >= 15 is 0 Å². The molecule has 1 fully saturated rings. The fourth-order valence-corrected chi connectivity index (χ4v) is 3.50. The maximum atomic E-state index is 13.1. The number of ketones is 1. The molecule has 2 aliphatic rings. The molecular formula is C17H17Cl3N2O7. The number of nitrogens with zero attached hydrogens (tertiary/aromatic N) is 2. The number of rotatable bonds is 3. The Morgan fingerprint density at radius 1 is 1.21 bits per heavy atom. The number of aliphatic hydroxyl groups is 1. The molecule has 3 rings (SSSR count). The third kappa shape index (κ3) is 4.18. The van der Waals surface area contributed by atoms with E-state index in [1.807, 2.05) is 0 Å². The van der Waals surface area contributed by atoms with Gasteiger partial charge in [0.15, 0.2) is 23.5 Å². The summed E-state index contributed by atoms with van der Waals surface area (Å²) >= 11 is 16.9. The predicted molar refractivity (Wildman–Crippen MR) is 104 cm³/mol. The van der Waals surface area contributed by atoms with Crippen molar-refractivity contribution in [3.63, 3.8) is 0 Å². The third-order valence-corrected chi connectivity index (χ3v) is 4.93. The molecule has 158 valence electrons. The van der Waals surface area contributed by atoms with Gasteiger partial charge in [-0.2, -0.15) is 0 Å². The normalized spacial score (nSPS) is 21.4. The fourth-order valence-electron chi connectivity index (χ4n) is 3.33. The highest BCUT2D eigenvalue weighted by atomic mass is 35.6. The minimum atomic E-state index is -1.88. The van der Waals surface area contributed by atoms with E-state index in [9.17, 15) is 19.5 Å². The van der Waals surface area contributed by atoms with E-state index in [2.05, 4.69) is 0 Å². The van der Waals surface area contributed by atoms with Crippen LogP contribution in [0.4, 0.5) is 10.5 Å². The van der Waals surface area contributed by atoms with Crippen LogP contribution in [0.15, 0.2) is 12.1 Å². The molecule has 0 bridgehead atoms. The van der Waals surface area contributed by atoms with Crippen LogP contribution < -0.4 is 14.4 Å². The first-order valence-corrected chi connectivity index (χ1v) is 9.50. The highest BCUT2D eigenvalue weighted by molar-refractivity contribution is 6.67. The lowest BCUT2D eigenvalue weighted by atomic mass is 10.1.